The summed E-state index contributed by atoms with van der Waals surface area (Å²) < 4.78 is 31.3. The van der Waals surface area contributed by atoms with Gasteiger partial charge in [-0.1, -0.05) is 48.5 Å². The highest BCUT2D eigenvalue weighted by Crippen LogP contribution is 2.46. The third-order valence-electron chi connectivity index (χ3n) is 9.15. The van der Waals surface area contributed by atoms with Crippen molar-refractivity contribution in [3.8, 4) is 0 Å². The zero-order chi connectivity index (χ0) is 27.3. The standard InChI is InChI=1S/C27H46O8Si/c1-16-11-21-26(6,7)22(15-28)33-23(29)13-19-17(2)20(35-36(9,10)25(3,4)5)12-18(32-19)14-27(31-8,34-21)24(16)30/h15-22H,11-14H2,1-10H3/t16-,17+,18+,19+,20+,21-,22-,27-/m1/s1. The molecule has 0 saturated carbocycles. The van der Waals surface area contributed by atoms with Crippen molar-refractivity contribution in [1.82, 2.24) is 0 Å². The highest BCUT2D eigenvalue weighted by atomic mass is 28.4. The van der Waals surface area contributed by atoms with Crippen molar-refractivity contribution in [2.75, 3.05) is 7.11 Å². The molecule has 0 aromatic rings. The average Bonchev–Trinajstić information content (AvgIpc) is 2.76. The summed E-state index contributed by atoms with van der Waals surface area (Å²) in [6, 6.07) is 0. The number of carbonyl (C=O) groups is 3. The average molecular weight is 527 g/mol. The van der Waals surface area contributed by atoms with Crippen LogP contribution in [0.15, 0.2) is 0 Å². The molecule has 3 aliphatic rings. The van der Waals surface area contributed by atoms with E-state index in [-0.39, 0.29) is 41.6 Å². The van der Waals surface area contributed by atoms with E-state index in [9.17, 15) is 14.4 Å². The van der Waals surface area contributed by atoms with Gasteiger partial charge in [0.05, 0.1) is 30.8 Å². The van der Waals surface area contributed by atoms with Crippen LogP contribution in [0, 0.1) is 17.3 Å². The SMILES string of the molecule is CO[C@@]12C[C@@H]3C[C@H](O[Si](C)(C)C(C)(C)C)[C@@H](C)[C@H](CC(=O)O[C@H](C=O)C(C)(C)[C@@H](C[C@@H](C)C1=O)O2)O3. The molecule has 9 heteroatoms. The normalized spacial score (nSPS) is 40.0. The largest absolute Gasteiger partial charge is 0.454 e. The van der Waals surface area contributed by atoms with Crippen molar-refractivity contribution >= 4 is 26.4 Å². The molecule has 0 radical (unpaired) electrons. The second-order valence-electron chi connectivity index (χ2n) is 13.1. The van der Waals surface area contributed by atoms with Gasteiger partial charge in [0, 0.05) is 30.8 Å². The summed E-state index contributed by atoms with van der Waals surface area (Å²) in [7, 11) is -0.647. The summed E-state index contributed by atoms with van der Waals surface area (Å²) in [4.78, 5) is 38.6. The Morgan fingerprint density at radius 1 is 1.11 bits per heavy atom. The van der Waals surface area contributed by atoms with E-state index in [0.29, 0.717) is 19.1 Å². The maximum absolute atomic E-state index is 13.5. The van der Waals surface area contributed by atoms with E-state index in [1.54, 1.807) is 0 Å². The molecule has 3 fully saturated rings. The summed E-state index contributed by atoms with van der Waals surface area (Å²) in [5.74, 6) is -2.56. The molecule has 0 amide bonds. The van der Waals surface area contributed by atoms with Gasteiger partial charge in [0.1, 0.15) is 0 Å². The van der Waals surface area contributed by atoms with E-state index >= 15 is 0 Å². The lowest BCUT2D eigenvalue weighted by Gasteiger charge is -2.51. The van der Waals surface area contributed by atoms with E-state index in [0.717, 1.165) is 0 Å². The summed E-state index contributed by atoms with van der Waals surface area (Å²) in [5, 5.41) is 0.0113. The molecule has 0 spiro atoms. The Morgan fingerprint density at radius 3 is 2.31 bits per heavy atom. The highest BCUT2D eigenvalue weighted by molar-refractivity contribution is 6.74. The first-order chi connectivity index (χ1) is 16.5. The van der Waals surface area contributed by atoms with Crippen LogP contribution in [0.3, 0.4) is 0 Å². The van der Waals surface area contributed by atoms with Crippen molar-refractivity contribution in [1.29, 1.82) is 0 Å². The number of rotatable bonds is 4. The summed E-state index contributed by atoms with van der Waals surface area (Å²) in [6.07, 6.45) is -0.796. The van der Waals surface area contributed by atoms with Crippen LogP contribution in [0.25, 0.3) is 0 Å². The van der Waals surface area contributed by atoms with Gasteiger partial charge in [-0.25, -0.2) is 0 Å². The molecule has 3 rings (SSSR count). The Balaban J connectivity index is 2.04. The lowest BCUT2D eigenvalue weighted by molar-refractivity contribution is -0.292. The fourth-order valence-corrected chi connectivity index (χ4v) is 6.81. The van der Waals surface area contributed by atoms with Gasteiger partial charge < -0.3 is 23.4 Å². The smallest absolute Gasteiger partial charge is 0.309 e. The van der Waals surface area contributed by atoms with Crippen LogP contribution < -0.4 is 0 Å². The second kappa shape index (κ2) is 10.2. The molecule has 8 atom stereocenters. The van der Waals surface area contributed by atoms with Crippen molar-refractivity contribution in [2.24, 2.45) is 17.3 Å². The highest BCUT2D eigenvalue weighted by Gasteiger charge is 2.56. The van der Waals surface area contributed by atoms with E-state index in [2.05, 4.69) is 33.9 Å². The molecule has 0 aliphatic carbocycles. The Labute approximate surface area is 217 Å². The molecule has 206 valence electrons. The van der Waals surface area contributed by atoms with E-state index < -0.39 is 49.9 Å². The second-order valence-corrected chi connectivity index (χ2v) is 17.9. The van der Waals surface area contributed by atoms with Gasteiger partial charge in [0.25, 0.3) is 0 Å². The van der Waals surface area contributed by atoms with E-state index in [1.165, 1.54) is 7.11 Å². The first-order valence-corrected chi connectivity index (χ1v) is 16.1. The third-order valence-corrected chi connectivity index (χ3v) is 13.7. The van der Waals surface area contributed by atoms with Crippen molar-refractivity contribution in [3.63, 3.8) is 0 Å². The van der Waals surface area contributed by atoms with E-state index in [1.807, 2.05) is 27.7 Å². The van der Waals surface area contributed by atoms with Crippen LogP contribution in [-0.2, 0) is 37.8 Å². The van der Waals surface area contributed by atoms with Crippen LogP contribution in [0.1, 0.15) is 74.1 Å². The number of cyclic esters (lactones) is 1. The first kappa shape index (κ1) is 29.4. The number of aldehydes is 1. The van der Waals surface area contributed by atoms with Gasteiger partial charge in [-0.15, -0.1) is 0 Å². The number of ether oxygens (including phenoxy) is 4. The number of esters is 1. The van der Waals surface area contributed by atoms with Crippen LogP contribution in [0.5, 0.6) is 0 Å². The summed E-state index contributed by atoms with van der Waals surface area (Å²) >= 11 is 0. The molecule has 0 N–H and O–H groups in total. The van der Waals surface area contributed by atoms with Crippen LogP contribution in [0.2, 0.25) is 18.1 Å². The number of fused-ring (bicyclic) bond motifs is 4. The Bertz CT molecular complexity index is 849. The lowest BCUT2D eigenvalue weighted by Crippen LogP contribution is -2.61. The number of ketones is 1. The van der Waals surface area contributed by atoms with Crippen LogP contribution >= 0.6 is 0 Å². The molecule has 3 aliphatic heterocycles. The molecule has 3 saturated heterocycles. The number of hydrogen-bond acceptors (Lipinski definition) is 8. The summed E-state index contributed by atoms with van der Waals surface area (Å²) in [6.45, 7) is 18.6. The van der Waals surface area contributed by atoms with Gasteiger partial charge in [-0.05, 0) is 31.0 Å². The van der Waals surface area contributed by atoms with Crippen molar-refractivity contribution in [3.05, 3.63) is 0 Å². The third kappa shape index (κ3) is 5.50. The number of carbonyl (C=O) groups excluding carboxylic acids is 3. The minimum Gasteiger partial charge on any atom is -0.454 e. The minimum absolute atomic E-state index is 0.00526. The van der Waals surface area contributed by atoms with E-state index in [4.69, 9.17) is 23.4 Å². The maximum Gasteiger partial charge on any atom is 0.309 e. The van der Waals surface area contributed by atoms with Crippen LogP contribution in [-0.4, -0.2) is 69.8 Å². The van der Waals surface area contributed by atoms with Gasteiger partial charge >= 0.3 is 5.97 Å². The zero-order valence-corrected chi connectivity index (χ0v) is 24.7. The van der Waals surface area contributed by atoms with Crippen molar-refractivity contribution < 1.29 is 37.8 Å². The number of hydrogen-bond donors (Lipinski definition) is 0. The fourth-order valence-electron chi connectivity index (χ4n) is 5.38. The molecule has 0 aromatic heterocycles. The van der Waals surface area contributed by atoms with Crippen LogP contribution in [0.4, 0.5) is 0 Å². The molecule has 36 heavy (non-hydrogen) atoms. The predicted molar refractivity (Wildman–Crippen MR) is 137 cm³/mol. The molecule has 0 unspecified atom stereocenters. The van der Waals surface area contributed by atoms with Gasteiger partial charge in [-0.3, -0.25) is 14.4 Å². The number of methoxy groups -OCH3 is 1. The Kier molecular flexibility index (Phi) is 8.34. The Morgan fingerprint density at radius 2 is 1.75 bits per heavy atom. The van der Waals surface area contributed by atoms with Gasteiger partial charge in [0.15, 0.2) is 26.5 Å². The van der Waals surface area contributed by atoms with Gasteiger partial charge in [-0.2, -0.15) is 0 Å². The summed E-state index contributed by atoms with van der Waals surface area (Å²) in [5.41, 5.74) is -0.856. The topological polar surface area (TPSA) is 97.4 Å². The molecule has 4 bridgehead atoms. The molecular formula is C27H46O8Si. The lowest BCUT2D eigenvalue weighted by atomic mass is 9.73. The molecule has 3 heterocycles. The number of Topliss-reactive ketones (excluding diaryl/α,β-unsaturated/α-hetero) is 1. The monoisotopic (exact) mass is 526 g/mol. The molecular weight excluding hydrogens is 480 g/mol. The Hall–Kier alpha value is -1.13. The quantitative estimate of drug-likeness (QED) is 0.301. The fraction of sp³-hybridized carbons (Fsp3) is 0.889. The zero-order valence-electron chi connectivity index (χ0n) is 23.7. The molecule has 0 aromatic carbocycles. The van der Waals surface area contributed by atoms with Crippen molar-refractivity contribution in [2.45, 2.75) is 129 Å². The predicted octanol–water partition coefficient (Wildman–Crippen LogP) is 4.44. The molecule has 8 nitrogen and oxygen atoms in total. The maximum atomic E-state index is 13.5. The van der Waals surface area contributed by atoms with Gasteiger partial charge in [0.2, 0.25) is 5.79 Å². The first-order valence-electron chi connectivity index (χ1n) is 13.2. The minimum atomic E-state index is -2.13.